The highest BCUT2D eigenvalue weighted by molar-refractivity contribution is 6.30. The molecule has 0 spiro atoms. The molecule has 0 radical (unpaired) electrons. The fourth-order valence-corrected chi connectivity index (χ4v) is 3.24. The molecule has 1 heterocycles. The molecule has 2 aromatic carbocycles. The number of nitrogens with zero attached hydrogens (tertiary/aromatic N) is 2. The van der Waals surface area contributed by atoms with E-state index in [1.165, 1.54) is 11.1 Å². The highest BCUT2D eigenvalue weighted by Crippen LogP contribution is 2.20. The summed E-state index contributed by atoms with van der Waals surface area (Å²) >= 11 is 5.93. The highest BCUT2D eigenvalue weighted by atomic mass is 35.5. The van der Waals surface area contributed by atoms with Crippen LogP contribution in [0, 0.1) is 13.8 Å². The van der Waals surface area contributed by atoms with Gasteiger partial charge < -0.3 is 9.64 Å². The molecule has 1 aliphatic rings. The maximum atomic E-state index is 12.4. The Bertz CT molecular complexity index is 753. The van der Waals surface area contributed by atoms with E-state index < -0.39 is 0 Å². The Morgan fingerprint density at radius 3 is 2.42 bits per heavy atom. The zero-order valence-corrected chi connectivity index (χ0v) is 16.1. The summed E-state index contributed by atoms with van der Waals surface area (Å²) in [6.45, 7) is 8.27. The van der Waals surface area contributed by atoms with Gasteiger partial charge in [-0.2, -0.15) is 0 Å². The van der Waals surface area contributed by atoms with Gasteiger partial charge in [0.15, 0.2) is 6.61 Å². The number of piperazine rings is 1. The number of halogens is 1. The van der Waals surface area contributed by atoms with E-state index in [0.29, 0.717) is 0 Å². The number of amides is 1. The molecule has 3 rings (SSSR count). The van der Waals surface area contributed by atoms with E-state index in [0.717, 1.165) is 49.1 Å². The van der Waals surface area contributed by atoms with Gasteiger partial charge >= 0.3 is 0 Å². The third kappa shape index (κ3) is 4.77. The summed E-state index contributed by atoms with van der Waals surface area (Å²) in [5.74, 6) is 0.844. The molecule has 0 atom stereocenters. The summed E-state index contributed by atoms with van der Waals surface area (Å²) in [4.78, 5) is 16.7. The van der Waals surface area contributed by atoms with Crippen molar-refractivity contribution in [1.29, 1.82) is 0 Å². The lowest BCUT2D eigenvalue weighted by molar-refractivity contribution is -0.135. The van der Waals surface area contributed by atoms with E-state index in [9.17, 15) is 4.79 Å². The Hall–Kier alpha value is -2.04. The van der Waals surface area contributed by atoms with Crippen molar-refractivity contribution in [1.82, 2.24) is 9.80 Å². The van der Waals surface area contributed by atoms with E-state index in [1.807, 2.05) is 49.1 Å². The van der Waals surface area contributed by atoms with Crippen molar-refractivity contribution in [2.45, 2.75) is 20.4 Å². The third-order valence-electron chi connectivity index (χ3n) is 4.95. The third-order valence-corrected chi connectivity index (χ3v) is 5.20. The van der Waals surface area contributed by atoms with E-state index in [-0.39, 0.29) is 12.5 Å². The lowest BCUT2D eigenvalue weighted by Crippen LogP contribution is -2.49. The molecule has 1 aliphatic heterocycles. The van der Waals surface area contributed by atoms with Gasteiger partial charge in [0.25, 0.3) is 5.91 Å². The van der Waals surface area contributed by atoms with Crippen LogP contribution in [0.5, 0.6) is 5.75 Å². The summed E-state index contributed by atoms with van der Waals surface area (Å²) in [5, 5.41) is 0.757. The van der Waals surface area contributed by atoms with Crippen LogP contribution >= 0.6 is 11.6 Å². The van der Waals surface area contributed by atoms with Gasteiger partial charge in [-0.3, -0.25) is 9.69 Å². The Kier molecular flexibility index (Phi) is 6.17. The Labute approximate surface area is 160 Å². The molecular formula is C21H25ClN2O2. The SMILES string of the molecule is Cc1cccc(OCC(=O)N2CCN(Cc3ccc(Cl)cc3)CC2)c1C. The van der Waals surface area contributed by atoms with Crippen molar-refractivity contribution in [2.24, 2.45) is 0 Å². The van der Waals surface area contributed by atoms with Crippen molar-refractivity contribution in [2.75, 3.05) is 32.8 Å². The number of hydrogen-bond donors (Lipinski definition) is 0. The van der Waals surface area contributed by atoms with Gasteiger partial charge in [-0.05, 0) is 48.7 Å². The molecule has 1 saturated heterocycles. The van der Waals surface area contributed by atoms with Crippen molar-refractivity contribution >= 4 is 17.5 Å². The second-order valence-corrected chi connectivity index (χ2v) is 7.21. The summed E-state index contributed by atoms with van der Waals surface area (Å²) in [6, 6.07) is 13.9. The predicted octanol–water partition coefficient (Wildman–Crippen LogP) is 3.68. The maximum absolute atomic E-state index is 12.4. The van der Waals surface area contributed by atoms with Crippen LogP contribution in [0.25, 0.3) is 0 Å². The first-order chi connectivity index (χ1) is 12.5. The second kappa shape index (κ2) is 8.56. The molecule has 1 fully saturated rings. The Morgan fingerprint density at radius 2 is 1.73 bits per heavy atom. The fourth-order valence-electron chi connectivity index (χ4n) is 3.11. The van der Waals surface area contributed by atoms with Crippen LogP contribution in [0.2, 0.25) is 5.02 Å². The normalized spacial score (nSPS) is 15.1. The van der Waals surface area contributed by atoms with Gasteiger partial charge in [-0.15, -0.1) is 0 Å². The summed E-state index contributed by atoms with van der Waals surface area (Å²) in [5.41, 5.74) is 3.51. The largest absolute Gasteiger partial charge is 0.483 e. The molecule has 1 amide bonds. The smallest absolute Gasteiger partial charge is 0.260 e. The van der Waals surface area contributed by atoms with E-state index in [4.69, 9.17) is 16.3 Å². The highest BCUT2D eigenvalue weighted by Gasteiger charge is 2.21. The topological polar surface area (TPSA) is 32.8 Å². The number of hydrogen-bond acceptors (Lipinski definition) is 3. The lowest BCUT2D eigenvalue weighted by Gasteiger charge is -2.34. The first-order valence-electron chi connectivity index (χ1n) is 8.96. The molecule has 138 valence electrons. The summed E-state index contributed by atoms with van der Waals surface area (Å²) in [7, 11) is 0. The van der Waals surface area contributed by atoms with Crippen LogP contribution in [0.3, 0.4) is 0 Å². The van der Waals surface area contributed by atoms with E-state index in [1.54, 1.807) is 0 Å². The number of aryl methyl sites for hydroxylation is 1. The minimum absolute atomic E-state index is 0.0528. The molecular weight excluding hydrogens is 348 g/mol. The fraction of sp³-hybridized carbons (Fsp3) is 0.381. The molecule has 0 unspecified atom stereocenters. The van der Waals surface area contributed by atoms with Gasteiger partial charge in [0, 0.05) is 37.7 Å². The van der Waals surface area contributed by atoms with Crippen molar-refractivity contribution in [3.8, 4) is 5.75 Å². The first-order valence-corrected chi connectivity index (χ1v) is 9.34. The molecule has 5 heteroatoms. The van der Waals surface area contributed by atoms with Gasteiger partial charge in [0.05, 0.1) is 0 Å². The average Bonchev–Trinajstić information content (AvgIpc) is 2.65. The molecule has 0 aromatic heterocycles. The Morgan fingerprint density at radius 1 is 1.04 bits per heavy atom. The first kappa shape index (κ1) is 18.7. The minimum atomic E-state index is 0.0528. The number of benzene rings is 2. The van der Waals surface area contributed by atoms with Gasteiger partial charge in [0.2, 0.25) is 0 Å². The predicted molar refractivity (Wildman–Crippen MR) is 105 cm³/mol. The summed E-state index contributed by atoms with van der Waals surface area (Å²) < 4.78 is 5.75. The number of carbonyl (C=O) groups excluding carboxylic acids is 1. The molecule has 0 bridgehead atoms. The standard InChI is InChI=1S/C21H25ClN2O2/c1-16-4-3-5-20(17(16)2)26-15-21(25)24-12-10-23(11-13-24)14-18-6-8-19(22)9-7-18/h3-9H,10-15H2,1-2H3. The van der Waals surface area contributed by atoms with Crippen molar-refractivity contribution < 1.29 is 9.53 Å². The molecule has 0 saturated carbocycles. The molecule has 2 aromatic rings. The summed E-state index contributed by atoms with van der Waals surface area (Å²) in [6.07, 6.45) is 0. The zero-order chi connectivity index (χ0) is 18.5. The maximum Gasteiger partial charge on any atom is 0.260 e. The van der Waals surface area contributed by atoms with E-state index in [2.05, 4.69) is 17.0 Å². The lowest BCUT2D eigenvalue weighted by atomic mass is 10.1. The quantitative estimate of drug-likeness (QED) is 0.802. The van der Waals surface area contributed by atoms with Crippen molar-refractivity contribution in [3.05, 3.63) is 64.2 Å². The molecule has 0 N–H and O–H groups in total. The monoisotopic (exact) mass is 372 g/mol. The minimum Gasteiger partial charge on any atom is -0.483 e. The number of ether oxygens (including phenoxy) is 1. The average molecular weight is 373 g/mol. The van der Waals surface area contributed by atoms with Gasteiger partial charge in [-0.1, -0.05) is 35.9 Å². The van der Waals surface area contributed by atoms with Crippen LogP contribution in [0.15, 0.2) is 42.5 Å². The van der Waals surface area contributed by atoms with Crippen LogP contribution in [0.1, 0.15) is 16.7 Å². The number of rotatable bonds is 5. The van der Waals surface area contributed by atoms with Gasteiger partial charge in [-0.25, -0.2) is 0 Å². The molecule has 26 heavy (non-hydrogen) atoms. The van der Waals surface area contributed by atoms with Crippen LogP contribution in [-0.2, 0) is 11.3 Å². The van der Waals surface area contributed by atoms with Crippen molar-refractivity contribution in [3.63, 3.8) is 0 Å². The van der Waals surface area contributed by atoms with Crippen LogP contribution < -0.4 is 4.74 Å². The zero-order valence-electron chi connectivity index (χ0n) is 15.4. The molecule has 4 nitrogen and oxygen atoms in total. The Balaban J connectivity index is 1.46. The second-order valence-electron chi connectivity index (χ2n) is 6.77. The van der Waals surface area contributed by atoms with Crippen LogP contribution in [-0.4, -0.2) is 48.5 Å². The molecule has 0 aliphatic carbocycles. The van der Waals surface area contributed by atoms with Crippen LogP contribution in [0.4, 0.5) is 0 Å². The van der Waals surface area contributed by atoms with Gasteiger partial charge in [0.1, 0.15) is 5.75 Å². The van der Waals surface area contributed by atoms with E-state index >= 15 is 0 Å². The number of carbonyl (C=O) groups is 1.